The summed E-state index contributed by atoms with van der Waals surface area (Å²) in [6.45, 7) is 3.17. The monoisotopic (exact) mass is 335 g/mol. The second-order valence-electron chi connectivity index (χ2n) is 5.53. The topological polar surface area (TPSA) is 68.5 Å². The van der Waals surface area contributed by atoms with Crippen LogP contribution in [0.3, 0.4) is 0 Å². The lowest BCUT2D eigenvalue weighted by Crippen LogP contribution is -2.46. The van der Waals surface area contributed by atoms with Crippen molar-refractivity contribution in [3.63, 3.8) is 0 Å². The van der Waals surface area contributed by atoms with Gasteiger partial charge in [0.15, 0.2) is 0 Å². The normalized spacial score (nSPS) is 21.4. The standard InChI is InChI=1S/C16H18FN3O2S/c1-10-7-20(16(21)13-9-23-15(6-18)19-13)8-14(22-10)11-2-4-12(17)5-3-11/h2-5,9-10,14H,6-8,18H2,1H3/t10-,14+/m1/s1. The Hall–Kier alpha value is -1.83. The van der Waals surface area contributed by atoms with Crippen molar-refractivity contribution in [3.05, 3.63) is 51.7 Å². The lowest BCUT2D eigenvalue weighted by molar-refractivity contribution is -0.0693. The predicted octanol–water partition coefficient (Wildman–Crippen LogP) is 2.34. The van der Waals surface area contributed by atoms with E-state index in [4.69, 9.17) is 10.5 Å². The number of amides is 1. The first-order valence-corrected chi connectivity index (χ1v) is 8.29. The van der Waals surface area contributed by atoms with Crippen LogP contribution in [0, 0.1) is 5.82 Å². The van der Waals surface area contributed by atoms with Crippen LogP contribution >= 0.6 is 11.3 Å². The van der Waals surface area contributed by atoms with Gasteiger partial charge in [0.05, 0.1) is 12.6 Å². The minimum absolute atomic E-state index is 0.102. The number of hydrogen-bond acceptors (Lipinski definition) is 5. The van der Waals surface area contributed by atoms with Crippen LogP contribution in [0.4, 0.5) is 4.39 Å². The van der Waals surface area contributed by atoms with E-state index in [0.717, 1.165) is 10.6 Å². The van der Waals surface area contributed by atoms with E-state index < -0.39 is 0 Å². The first-order chi connectivity index (χ1) is 11.1. The van der Waals surface area contributed by atoms with Crippen LogP contribution in [-0.4, -0.2) is 35.0 Å². The highest BCUT2D eigenvalue weighted by Gasteiger charge is 2.30. The molecule has 1 saturated heterocycles. The molecule has 2 heterocycles. The molecule has 0 spiro atoms. The first kappa shape index (κ1) is 16.0. The Kier molecular flexibility index (Phi) is 4.70. The molecule has 0 saturated carbocycles. The van der Waals surface area contributed by atoms with Gasteiger partial charge in [-0.25, -0.2) is 9.37 Å². The lowest BCUT2D eigenvalue weighted by Gasteiger charge is -2.36. The van der Waals surface area contributed by atoms with Gasteiger partial charge in [0, 0.05) is 18.5 Å². The number of halogens is 1. The molecule has 2 aromatic rings. The largest absolute Gasteiger partial charge is 0.367 e. The number of aromatic nitrogens is 1. The van der Waals surface area contributed by atoms with E-state index in [1.165, 1.54) is 23.5 Å². The summed E-state index contributed by atoms with van der Waals surface area (Å²) in [7, 11) is 0. The van der Waals surface area contributed by atoms with Crippen molar-refractivity contribution in [3.8, 4) is 0 Å². The lowest BCUT2D eigenvalue weighted by atomic mass is 10.1. The van der Waals surface area contributed by atoms with Crippen LogP contribution in [0.5, 0.6) is 0 Å². The fourth-order valence-electron chi connectivity index (χ4n) is 2.64. The van der Waals surface area contributed by atoms with Crippen LogP contribution in [-0.2, 0) is 11.3 Å². The zero-order valence-electron chi connectivity index (χ0n) is 12.7. The molecule has 23 heavy (non-hydrogen) atoms. The minimum atomic E-state index is -0.290. The molecule has 1 aliphatic rings. The highest BCUT2D eigenvalue weighted by atomic mass is 32.1. The van der Waals surface area contributed by atoms with Crippen molar-refractivity contribution >= 4 is 17.2 Å². The Morgan fingerprint density at radius 1 is 1.43 bits per heavy atom. The van der Waals surface area contributed by atoms with Gasteiger partial charge in [-0.3, -0.25) is 4.79 Å². The molecule has 0 aliphatic carbocycles. The van der Waals surface area contributed by atoms with E-state index in [0.29, 0.717) is 25.3 Å². The SMILES string of the molecule is C[C@@H]1CN(C(=O)c2csc(CN)n2)C[C@@H](c2ccc(F)cc2)O1. The van der Waals surface area contributed by atoms with Gasteiger partial charge in [-0.15, -0.1) is 11.3 Å². The van der Waals surface area contributed by atoms with E-state index in [2.05, 4.69) is 4.98 Å². The van der Waals surface area contributed by atoms with Gasteiger partial charge in [-0.05, 0) is 24.6 Å². The van der Waals surface area contributed by atoms with Crippen LogP contribution in [0.25, 0.3) is 0 Å². The van der Waals surface area contributed by atoms with Crippen LogP contribution < -0.4 is 5.73 Å². The summed E-state index contributed by atoms with van der Waals surface area (Å²) in [5.41, 5.74) is 6.82. The molecule has 7 heteroatoms. The molecule has 122 valence electrons. The highest BCUT2D eigenvalue weighted by Crippen LogP contribution is 2.26. The smallest absolute Gasteiger partial charge is 0.273 e. The number of rotatable bonds is 3. The maximum absolute atomic E-state index is 13.1. The Morgan fingerprint density at radius 2 is 2.17 bits per heavy atom. The third-order valence-electron chi connectivity index (χ3n) is 3.73. The van der Waals surface area contributed by atoms with Gasteiger partial charge in [0.2, 0.25) is 0 Å². The molecule has 0 bridgehead atoms. The van der Waals surface area contributed by atoms with Crippen LogP contribution in [0.1, 0.15) is 34.1 Å². The number of nitrogens with zero attached hydrogens (tertiary/aromatic N) is 2. The van der Waals surface area contributed by atoms with Gasteiger partial charge < -0.3 is 15.4 Å². The van der Waals surface area contributed by atoms with Gasteiger partial charge in [0.25, 0.3) is 5.91 Å². The number of morpholine rings is 1. The van der Waals surface area contributed by atoms with Crippen molar-refractivity contribution in [2.45, 2.75) is 25.7 Å². The van der Waals surface area contributed by atoms with Gasteiger partial charge in [-0.2, -0.15) is 0 Å². The van der Waals surface area contributed by atoms with Crippen molar-refractivity contribution < 1.29 is 13.9 Å². The summed E-state index contributed by atoms with van der Waals surface area (Å²) in [6.07, 6.45) is -0.369. The number of hydrogen-bond donors (Lipinski definition) is 1. The summed E-state index contributed by atoms with van der Waals surface area (Å²) in [6, 6.07) is 6.18. The van der Waals surface area contributed by atoms with E-state index in [9.17, 15) is 9.18 Å². The Balaban J connectivity index is 1.77. The maximum atomic E-state index is 13.1. The van der Waals surface area contributed by atoms with Crippen LogP contribution in [0.2, 0.25) is 0 Å². The number of carbonyl (C=O) groups is 1. The number of ether oxygens (including phenoxy) is 1. The molecule has 2 N–H and O–H groups in total. The van der Waals surface area contributed by atoms with E-state index >= 15 is 0 Å². The summed E-state index contributed by atoms with van der Waals surface area (Å²) < 4.78 is 19.0. The fourth-order valence-corrected chi connectivity index (χ4v) is 3.29. The third-order valence-corrected chi connectivity index (χ3v) is 4.61. The molecule has 1 amide bonds. The summed E-state index contributed by atoms with van der Waals surface area (Å²) >= 11 is 1.38. The van der Waals surface area contributed by atoms with E-state index in [1.54, 1.807) is 22.4 Å². The molecule has 0 radical (unpaired) electrons. The highest BCUT2D eigenvalue weighted by molar-refractivity contribution is 7.09. The van der Waals surface area contributed by atoms with Gasteiger partial charge >= 0.3 is 0 Å². The Labute approximate surface area is 137 Å². The molecule has 0 unspecified atom stereocenters. The Bertz CT molecular complexity index is 689. The average molecular weight is 335 g/mol. The van der Waals surface area contributed by atoms with Crippen LogP contribution in [0.15, 0.2) is 29.6 Å². The Morgan fingerprint density at radius 3 is 2.83 bits per heavy atom. The molecule has 1 aromatic carbocycles. The quantitative estimate of drug-likeness (QED) is 0.935. The van der Waals surface area contributed by atoms with Crippen molar-refractivity contribution in [1.82, 2.24) is 9.88 Å². The second kappa shape index (κ2) is 6.74. The van der Waals surface area contributed by atoms with E-state index in [-0.39, 0.29) is 23.9 Å². The molecule has 3 rings (SSSR count). The average Bonchev–Trinajstić information content (AvgIpc) is 3.03. The second-order valence-corrected chi connectivity index (χ2v) is 6.47. The first-order valence-electron chi connectivity index (χ1n) is 7.41. The van der Waals surface area contributed by atoms with Crippen molar-refractivity contribution in [2.24, 2.45) is 5.73 Å². The fraction of sp³-hybridized carbons (Fsp3) is 0.375. The molecule has 2 atom stereocenters. The molecule has 1 aliphatic heterocycles. The molecule has 1 fully saturated rings. The van der Waals surface area contributed by atoms with Gasteiger partial charge in [-0.1, -0.05) is 12.1 Å². The number of benzene rings is 1. The number of carbonyl (C=O) groups excluding carboxylic acids is 1. The van der Waals surface area contributed by atoms with Crippen molar-refractivity contribution in [1.29, 1.82) is 0 Å². The predicted molar refractivity (Wildman–Crippen MR) is 85.6 cm³/mol. The molecular formula is C16H18FN3O2S. The molecule has 1 aromatic heterocycles. The summed E-state index contributed by atoms with van der Waals surface area (Å²) in [4.78, 5) is 18.6. The van der Waals surface area contributed by atoms with E-state index in [1.807, 2.05) is 6.92 Å². The number of nitrogens with two attached hydrogens (primary N) is 1. The molecular weight excluding hydrogens is 317 g/mol. The third kappa shape index (κ3) is 3.57. The molecule has 5 nitrogen and oxygen atoms in total. The minimum Gasteiger partial charge on any atom is -0.367 e. The zero-order valence-corrected chi connectivity index (χ0v) is 13.6. The zero-order chi connectivity index (χ0) is 16.4. The summed E-state index contributed by atoms with van der Waals surface area (Å²) in [5.74, 6) is -0.412. The van der Waals surface area contributed by atoms with Gasteiger partial charge in [0.1, 0.15) is 22.6 Å². The maximum Gasteiger partial charge on any atom is 0.273 e. The number of thiazole rings is 1. The summed E-state index contributed by atoms with van der Waals surface area (Å²) in [5, 5.41) is 2.47. The van der Waals surface area contributed by atoms with Crippen molar-refractivity contribution in [2.75, 3.05) is 13.1 Å².